The Labute approximate surface area is 372 Å². The van der Waals surface area contributed by atoms with E-state index in [1.54, 1.807) is 48.5 Å². The summed E-state index contributed by atoms with van der Waals surface area (Å²) in [5.74, 6) is 1.79. The fourth-order valence-corrected chi connectivity index (χ4v) is 6.90. The van der Waals surface area contributed by atoms with Crippen molar-refractivity contribution in [2.75, 3.05) is 26.3 Å². The molecule has 0 radical (unpaired) electrons. The molecule has 0 saturated carbocycles. The van der Waals surface area contributed by atoms with Crippen molar-refractivity contribution < 1.29 is 28.5 Å². The molecule has 0 saturated heterocycles. The van der Waals surface area contributed by atoms with Crippen molar-refractivity contribution in [3.05, 3.63) is 119 Å². The molecule has 4 rings (SSSR count). The Hall–Kier alpha value is -5.24. The first-order chi connectivity index (χ1) is 30.5. The van der Waals surface area contributed by atoms with Crippen LogP contribution >= 0.6 is 0 Å². The van der Waals surface area contributed by atoms with Gasteiger partial charge in [0.15, 0.2) is 0 Å². The van der Waals surface area contributed by atoms with Crippen LogP contribution in [-0.4, -0.2) is 50.7 Å². The van der Waals surface area contributed by atoms with Gasteiger partial charge in [0.05, 0.1) is 24.3 Å². The van der Waals surface area contributed by atoms with Gasteiger partial charge in [0.2, 0.25) is 0 Å². The summed E-state index contributed by atoms with van der Waals surface area (Å²) >= 11 is 0. The summed E-state index contributed by atoms with van der Waals surface area (Å²) < 4.78 is 22.8. The minimum absolute atomic E-state index is 0.386. The first-order valence-electron chi connectivity index (χ1n) is 23.6. The van der Waals surface area contributed by atoms with E-state index in [0.717, 1.165) is 61.4 Å². The normalized spacial score (nSPS) is 11.3. The van der Waals surface area contributed by atoms with Gasteiger partial charge in [-0.3, -0.25) is 9.98 Å². The van der Waals surface area contributed by atoms with E-state index in [4.69, 9.17) is 18.9 Å². The molecule has 0 atom stereocenters. The quantitative estimate of drug-likeness (QED) is 0.0205. The van der Waals surface area contributed by atoms with Crippen LogP contribution in [-0.2, 0) is 0 Å². The molecule has 0 aromatic heterocycles. The highest BCUT2D eigenvalue weighted by Crippen LogP contribution is 2.19. The number of carbonyl (C=O) groups is 2. The van der Waals surface area contributed by atoms with E-state index in [-0.39, 0.29) is 11.9 Å². The van der Waals surface area contributed by atoms with E-state index in [1.807, 2.05) is 61.0 Å². The highest BCUT2D eigenvalue weighted by molar-refractivity contribution is 5.92. The highest BCUT2D eigenvalue weighted by atomic mass is 16.5. The number of aliphatic imine (C=N–C) groups is 2. The van der Waals surface area contributed by atoms with Crippen LogP contribution in [0.15, 0.2) is 107 Å². The number of ether oxygens (including phenoxy) is 4. The number of nitrogens with zero attached hydrogens (tertiary/aromatic N) is 2. The summed E-state index contributed by atoms with van der Waals surface area (Å²) in [5.41, 5.74) is 2.96. The van der Waals surface area contributed by atoms with E-state index >= 15 is 0 Å². The molecule has 0 bridgehead atoms. The van der Waals surface area contributed by atoms with Crippen LogP contribution in [0.25, 0.3) is 0 Å². The maximum Gasteiger partial charge on any atom is 0.343 e. The summed E-state index contributed by atoms with van der Waals surface area (Å²) in [6.45, 7) is 7.47. The van der Waals surface area contributed by atoms with Crippen molar-refractivity contribution in [1.82, 2.24) is 0 Å². The van der Waals surface area contributed by atoms with Crippen molar-refractivity contribution in [2.24, 2.45) is 9.98 Å². The molecule has 334 valence electrons. The molecule has 0 heterocycles. The van der Waals surface area contributed by atoms with Crippen LogP contribution in [0.4, 0.5) is 0 Å². The Kier molecular flexibility index (Phi) is 25.2. The molecular weight excluding hydrogens is 773 g/mol. The number of unbranched alkanes of at least 4 members (excludes halogenated alkanes) is 17. The lowest BCUT2D eigenvalue weighted by Gasteiger charge is -2.08. The van der Waals surface area contributed by atoms with E-state index in [1.165, 1.54) is 103 Å². The Morgan fingerprint density at radius 3 is 1.05 bits per heavy atom. The standard InChI is InChI=1S/C54H72N2O6/c1-3-5-7-9-17-21-41-59-49-35-27-47(28-36-49)53(57)61-51-31-23-45(24-32-51)43-55-39-19-15-13-11-12-14-16-20-40-56-44-46-25-33-52(34-26-46)62-54(58)48-29-37-50(38-30-48)60-42-22-18-10-8-6-4-2/h23-38,43-44H,3-22,39-42H2,1-2H3. The van der Waals surface area contributed by atoms with Gasteiger partial charge in [-0.1, -0.05) is 117 Å². The monoisotopic (exact) mass is 845 g/mol. The van der Waals surface area contributed by atoms with Crippen LogP contribution < -0.4 is 18.9 Å². The summed E-state index contributed by atoms with van der Waals surface area (Å²) in [7, 11) is 0. The molecule has 0 amide bonds. The Bertz CT molecular complexity index is 1700. The van der Waals surface area contributed by atoms with Gasteiger partial charge in [-0.15, -0.1) is 0 Å². The molecular formula is C54H72N2O6. The molecule has 0 N–H and O–H groups in total. The van der Waals surface area contributed by atoms with Gasteiger partial charge >= 0.3 is 11.9 Å². The van der Waals surface area contributed by atoms with Gasteiger partial charge in [0, 0.05) is 25.5 Å². The molecule has 8 heteroatoms. The largest absolute Gasteiger partial charge is 0.494 e. The van der Waals surface area contributed by atoms with Crippen LogP contribution in [0.5, 0.6) is 23.0 Å². The fraction of sp³-hybridized carbons (Fsp3) is 0.481. The van der Waals surface area contributed by atoms with Gasteiger partial charge in [-0.05, 0) is 134 Å². The molecule has 0 unspecified atom stereocenters. The van der Waals surface area contributed by atoms with Crippen LogP contribution in [0, 0.1) is 0 Å². The number of hydrogen-bond acceptors (Lipinski definition) is 8. The summed E-state index contributed by atoms with van der Waals surface area (Å²) in [6.07, 6.45) is 28.0. The predicted molar refractivity (Wildman–Crippen MR) is 255 cm³/mol. The maximum atomic E-state index is 12.6. The molecule has 0 aliphatic carbocycles. The van der Waals surface area contributed by atoms with E-state index in [2.05, 4.69) is 23.8 Å². The second-order valence-corrected chi connectivity index (χ2v) is 16.1. The maximum absolute atomic E-state index is 12.6. The minimum Gasteiger partial charge on any atom is -0.494 e. The van der Waals surface area contributed by atoms with Gasteiger partial charge in [-0.25, -0.2) is 9.59 Å². The molecule has 8 nitrogen and oxygen atoms in total. The van der Waals surface area contributed by atoms with Crippen molar-refractivity contribution in [2.45, 2.75) is 142 Å². The Morgan fingerprint density at radius 1 is 0.387 bits per heavy atom. The third-order valence-corrected chi connectivity index (χ3v) is 10.7. The second kappa shape index (κ2) is 31.6. The third kappa shape index (κ3) is 21.5. The Morgan fingerprint density at radius 2 is 0.694 bits per heavy atom. The van der Waals surface area contributed by atoms with Crippen molar-refractivity contribution in [3.8, 4) is 23.0 Å². The van der Waals surface area contributed by atoms with Crippen molar-refractivity contribution >= 4 is 24.4 Å². The smallest absolute Gasteiger partial charge is 0.343 e. The number of esters is 2. The molecule has 0 spiro atoms. The molecule has 0 aliphatic heterocycles. The Balaban J connectivity index is 0.964. The first-order valence-corrected chi connectivity index (χ1v) is 23.6. The molecule has 4 aromatic rings. The second-order valence-electron chi connectivity index (χ2n) is 16.1. The SMILES string of the molecule is CCCCCCCCOc1ccc(C(=O)Oc2ccc(C=NCCCCCCCCCCN=Cc3ccc(OC(=O)c4ccc(OCCCCCCCC)cc4)cc3)cc2)cc1. The third-order valence-electron chi connectivity index (χ3n) is 10.7. The molecule has 0 aliphatic rings. The zero-order chi connectivity index (χ0) is 43.7. The summed E-state index contributed by atoms with van der Waals surface area (Å²) in [5, 5.41) is 0. The topological polar surface area (TPSA) is 95.8 Å². The number of carbonyl (C=O) groups excluding carboxylic acids is 2. The number of rotatable bonds is 33. The zero-order valence-corrected chi connectivity index (χ0v) is 37.7. The van der Waals surface area contributed by atoms with E-state index in [9.17, 15) is 9.59 Å². The summed E-state index contributed by atoms with van der Waals surface area (Å²) in [6, 6.07) is 29.2. The van der Waals surface area contributed by atoms with Crippen LogP contribution in [0.3, 0.4) is 0 Å². The van der Waals surface area contributed by atoms with Crippen molar-refractivity contribution in [1.29, 1.82) is 0 Å². The summed E-state index contributed by atoms with van der Waals surface area (Å²) in [4.78, 5) is 34.5. The van der Waals surface area contributed by atoms with Crippen LogP contribution in [0.2, 0.25) is 0 Å². The lowest BCUT2D eigenvalue weighted by atomic mass is 10.1. The number of benzene rings is 4. The van der Waals surface area contributed by atoms with Crippen molar-refractivity contribution in [3.63, 3.8) is 0 Å². The van der Waals surface area contributed by atoms with Gasteiger partial charge in [0.1, 0.15) is 23.0 Å². The van der Waals surface area contributed by atoms with E-state index < -0.39 is 0 Å². The fourth-order valence-electron chi connectivity index (χ4n) is 6.90. The first kappa shape index (κ1) is 49.4. The van der Waals surface area contributed by atoms with E-state index in [0.29, 0.717) is 35.8 Å². The zero-order valence-electron chi connectivity index (χ0n) is 37.7. The number of hydrogen-bond donors (Lipinski definition) is 0. The molecule has 62 heavy (non-hydrogen) atoms. The van der Waals surface area contributed by atoms with Crippen LogP contribution in [0.1, 0.15) is 174 Å². The molecule has 4 aromatic carbocycles. The highest BCUT2D eigenvalue weighted by Gasteiger charge is 2.10. The van der Waals surface area contributed by atoms with Gasteiger partial charge < -0.3 is 18.9 Å². The van der Waals surface area contributed by atoms with Gasteiger partial charge in [0.25, 0.3) is 0 Å². The average molecular weight is 845 g/mol. The predicted octanol–water partition coefficient (Wildman–Crippen LogP) is 14.3. The minimum atomic E-state index is -0.386. The lowest BCUT2D eigenvalue weighted by molar-refractivity contribution is 0.0725. The van der Waals surface area contributed by atoms with Gasteiger partial charge in [-0.2, -0.15) is 0 Å². The average Bonchev–Trinajstić information content (AvgIpc) is 3.30. The molecule has 0 fully saturated rings. The lowest BCUT2D eigenvalue weighted by Crippen LogP contribution is -2.08.